The molecule has 0 amide bonds. The van der Waals surface area contributed by atoms with Gasteiger partial charge >= 0.3 is 0 Å². The fourth-order valence-corrected chi connectivity index (χ4v) is 4.50. The molecule has 1 aromatic rings. The zero-order valence-corrected chi connectivity index (χ0v) is 14.1. The van der Waals surface area contributed by atoms with E-state index in [0.29, 0.717) is 24.3 Å². The Balaban J connectivity index is 2.23. The van der Waals surface area contributed by atoms with Crippen LogP contribution in [-0.4, -0.2) is 49.3 Å². The van der Waals surface area contributed by atoms with Crippen molar-refractivity contribution in [1.29, 1.82) is 0 Å². The minimum absolute atomic E-state index is 0.0670. The van der Waals surface area contributed by atoms with E-state index in [1.54, 1.807) is 29.4 Å². The smallest absolute Gasteiger partial charge is 0.245 e. The van der Waals surface area contributed by atoms with Crippen molar-refractivity contribution in [2.75, 3.05) is 31.9 Å². The van der Waals surface area contributed by atoms with Crippen LogP contribution in [0.15, 0.2) is 23.1 Å². The summed E-state index contributed by atoms with van der Waals surface area (Å²) in [6.07, 6.45) is 0. The van der Waals surface area contributed by atoms with Crippen LogP contribution in [0.3, 0.4) is 0 Å². The predicted molar refractivity (Wildman–Crippen MR) is 85.7 cm³/mol. The molecule has 2 N–H and O–H groups in total. The van der Waals surface area contributed by atoms with Gasteiger partial charge in [-0.3, -0.25) is 4.90 Å². The molecule has 6 heteroatoms. The molecule has 21 heavy (non-hydrogen) atoms. The fourth-order valence-electron chi connectivity index (χ4n) is 2.76. The molecule has 1 saturated heterocycles. The summed E-state index contributed by atoms with van der Waals surface area (Å²) in [5.41, 5.74) is 6.99. The molecule has 0 radical (unpaired) electrons. The lowest BCUT2D eigenvalue weighted by Gasteiger charge is -2.41. The molecule has 0 atom stereocenters. The summed E-state index contributed by atoms with van der Waals surface area (Å²) in [4.78, 5) is 2.56. The molecule has 0 spiro atoms. The van der Waals surface area contributed by atoms with E-state index < -0.39 is 10.0 Å². The van der Waals surface area contributed by atoms with Crippen LogP contribution in [0, 0.1) is 6.92 Å². The third kappa shape index (κ3) is 3.22. The number of nitrogens with zero attached hydrogens (tertiary/aromatic N) is 2. The highest BCUT2D eigenvalue weighted by Crippen LogP contribution is 2.27. The standard InChI is InChI=1S/C15H25N3O2S/c1-12-6-5-7-13(16)14(12)21(19,20)18-10-8-17(9-11-18)15(2,3)4/h5-7H,8-11,16H2,1-4H3. The summed E-state index contributed by atoms with van der Waals surface area (Å²) in [5, 5.41) is 0. The minimum atomic E-state index is -3.51. The van der Waals surface area contributed by atoms with Gasteiger partial charge in [-0.25, -0.2) is 8.42 Å². The number of piperazine rings is 1. The Morgan fingerprint density at radius 3 is 2.14 bits per heavy atom. The second-order valence-corrected chi connectivity index (χ2v) is 8.43. The maximum Gasteiger partial charge on any atom is 0.245 e. The third-order valence-corrected chi connectivity index (χ3v) is 6.15. The van der Waals surface area contributed by atoms with Crippen LogP contribution in [-0.2, 0) is 10.0 Å². The lowest BCUT2D eigenvalue weighted by molar-refractivity contribution is 0.0922. The first-order valence-corrected chi connectivity index (χ1v) is 8.68. The van der Waals surface area contributed by atoms with Crippen molar-refractivity contribution in [3.05, 3.63) is 23.8 Å². The van der Waals surface area contributed by atoms with Crippen LogP contribution >= 0.6 is 0 Å². The molecule has 0 saturated carbocycles. The number of benzene rings is 1. The van der Waals surface area contributed by atoms with Crippen molar-refractivity contribution in [2.24, 2.45) is 0 Å². The maximum absolute atomic E-state index is 12.8. The largest absolute Gasteiger partial charge is 0.398 e. The molecule has 1 aromatic carbocycles. The maximum atomic E-state index is 12.8. The molecular formula is C15H25N3O2S. The van der Waals surface area contributed by atoms with Crippen LogP contribution in [0.5, 0.6) is 0 Å². The summed E-state index contributed by atoms with van der Waals surface area (Å²) in [7, 11) is -3.51. The highest BCUT2D eigenvalue weighted by Gasteiger charge is 2.33. The van der Waals surface area contributed by atoms with Gasteiger partial charge in [0.2, 0.25) is 10.0 Å². The van der Waals surface area contributed by atoms with E-state index >= 15 is 0 Å². The van der Waals surface area contributed by atoms with E-state index in [0.717, 1.165) is 13.1 Å². The van der Waals surface area contributed by atoms with Gasteiger partial charge in [0.05, 0.1) is 5.69 Å². The summed E-state index contributed by atoms with van der Waals surface area (Å²) >= 11 is 0. The van der Waals surface area contributed by atoms with Gasteiger partial charge in [-0.05, 0) is 39.3 Å². The van der Waals surface area contributed by atoms with Crippen LogP contribution in [0.4, 0.5) is 5.69 Å². The van der Waals surface area contributed by atoms with Gasteiger partial charge in [0.1, 0.15) is 4.90 Å². The van der Waals surface area contributed by atoms with Crippen molar-refractivity contribution in [1.82, 2.24) is 9.21 Å². The van der Waals surface area contributed by atoms with Crippen molar-refractivity contribution in [3.8, 4) is 0 Å². The number of anilines is 1. The summed E-state index contributed by atoms with van der Waals surface area (Å²) < 4.78 is 27.2. The number of sulfonamides is 1. The lowest BCUT2D eigenvalue weighted by atomic mass is 10.1. The SMILES string of the molecule is Cc1cccc(N)c1S(=O)(=O)N1CCN(C(C)(C)C)CC1. The van der Waals surface area contributed by atoms with E-state index in [2.05, 4.69) is 25.7 Å². The van der Waals surface area contributed by atoms with Crippen molar-refractivity contribution >= 4 is 15.7 Å². The van der Waals surface area contributed by atoms with E-state index in [-0.39, 0.29) is 10.4 Å². The predicted octanol–water partition coefficient (Wildman–Crippen LogP) is 1.68. The zero-order chi connectivity index (χ0) is 15.8. The molecule has 1 heterocycles. The molecule has 0 bridgehead atoms. The average Bonchev–Trinajstić information content (AvgIpc) is 2.37. The van der Waals surface area contributed by atoms with E-state index in [4.69, 9.17) is 5.73 Å². The number of nitrogen functional groups attached to an aromatic ring is 1. The first-order chi connectivity index (χ1) is 9.64. The fraction of sp³-hybridized carbons (Fsp3) is 0.600. The Morgan fingerprint density at radius 1 is 1.10 bits per heavy atom. The molecule has 118 valence electrons. The van der Waals surface area contributed by atoms with Gasteiger partial charge in [0, 0.05) is 31.7 Å². The number of aryl methyl sites for hydroxylation is 1. The zero-order valence-electron chi connectivity index (χ0n) is 13.3. The van der Waals surface area contributed by atoms with Gasteiger partial charge in [-0.2, -0.15) is 4.31 Å². The quantitative estimate of drug-likeness (QED) is 0.844. The second kappa shape index (κ2) is 5.59. The number of hydrogen-bond donors (Lipinski definition) is 1. The molecular weight excluding hydrogens is 286 g/mol. The highest BCUT2D eigenvalue weighted by atomic mass is 32.2. The molecule has 5 nitrogen and oxygen atoms in total. The van der Waals surface area contributed by atoms with E-state index in [1.807, 2.05) is 0 Å². The molecule has 1 aliphatic rings. The highest BCUT2D eigenvalue weighted by molar-refractivity contribution is 7.89. The normalized spacial score (nSPS) is 18.9. The van der Waals surface area contributed by atoms with Crippen molar-refractivity contribution < 1.29 is 8.42 Å². The van der Waals surface area contributed by atoms with Crippen LogP contribution in [0.25, 0.3) is 0 Å². The first-order valence-electron chi connectivity index (χ1n) is 7.24. The molecule has 0 unspecified atom stereocenters. The first kappa shape index (κ1) is 16.3. The van der Waals surface area contributed by atoms with E-state index in [9.17, 15) is 8.42 Å². The van der Waals surface area contributed by atoms with E-state index in [1.165, 1.54) is 0 Å². The molecule has 0 aromatic heterocycles. The lowest BCUT2D eigenvalue weighted by Crippen LogP contribution is -2.54. The Kier molecular flexibility index (Phi) is 4.33. The van der Waals surface area contributed by atoms with Crippen LogP contribution in [0.2, 0.25) is 0 Å². The Labute approximate surface area is 127 Å². The van der Waals surface area contributed by atoms with Gasteiger partial charge in [-0.1, -0.05) is 12.1 Å². The molecule has 1 aliphatic heterocycles. The molecule has 1 fully saturated rings. The molecule has 2 rings (SSSR count). The summed E-state index contributed by atoms with van der Waals surface area (Å²) in [6.45, 7) is 10.7. The van der Waals surface area contributed by atoms with Gasteiger partial charge in [0.25, 0.3) is 0 Å². The molecule has 0 aliphatic carbocycles. The Bertz CT molecular complexity index is 592. The van der Waals surface area contributed by atoms with Gasteiger partial charge in [-0.15, -0.1) is 0 Å². The average molecular weight is 311 g/mol. The number of rotatable bonds is 2. The Morgan fingerprint density at radius 2 is 1.67 bits per heavy atom. The van der Waals surface area contributed by atoms with Crippen molar-refractivity contribution in [3.63, 3.8) is 0 Å². The summed E-state index contributed by atoms with van der Waals surface area (Å²) in [6, 6.07) is 5.21. The number of hydrogen-bond acceptors (Lipinski definition) is 4. The topological polar surface area (TPSA) is 66.6 Å². The van der Waals surface area contributed by atoms with Gasteiger partial charge < -0.3 is 5.73 Å². The second-order valence-electron chi connectivity index (χ2n) is 6.56. The number of nitrogens with two attached hydrogens (primary N) is 1. The monoisotopic (exact) mass is 311 g/mol. The Hall–Kier alpha value is -1.11. The third-order valence-electron chi connectivity index (χ3n) is 4.03. The van der Waals surface area contributed by atoms with Gasteiger partial charge in [0.15, 0.2) is 0 Å². The van der Waals surface area contributed by atoms with Crippen LogP contribution < -0.4 is 5.73 Å². The summed E-state index contributed by atoms with van der Waals surface area (Å²) in [5.74, 6) is 0. The van der Waals surface area contributed by atoms with Crippen LogP contribution in [0.1, 0.15) is 26.3 Å². The van der Waals surface area contributed by atoms with Crippen molar-refractivity contribution in [2.45, 2.75) is 38.1 Å². The minimum Gasteiger partial charge on any atom is -0.398 e.